The van der Waals surface area contributed by atoms with Gasteiger partial charge in [-0.25, -0.2) is 14.4 Å². The van der Waals surface area contributed by atoms with Gasteiger partial charge in [0, 0.05) is 30.9 Å². The van der Waals surface area contributed by atoms with Gasteiger partial charge in [0.15, 0.2) is 5.75 Å². The third kappa shape index (κ3) is 3.80. The van der Waals surface area contributed by atoms with Crippen molar-refractivity contribution in [1.29, 1.82) is 0 Å². The lowest BCUT2D eigenvalue weighted by atomic mass is 10.1. The highest BCUT2D eigenvalue weighted by atomic mass is 19.1. The molecular weight excluding hydrogens is 351 g/mol. The minimum Gasteiger partial charge on any atom is -0.484 e. The zero-order chi connectivity index (χ0) is 19.0. The molecule has 0 saturated carbocycles. The summed E-state index contributed by atoms with van der Waals surface area (Å²) in [5.41, 5.74) is 1.25. The number of hydrogen-bond donors (Lipinski definition) is 0. The van der Waals surface area contributed by atoms with Crippen LogP contribution in [0.1, 0.15) is 36.6 Å². The first kappa shape index (κ1) is 17.9. The van der Waals surface area contributed by atoms with Crippen molar-refractivity contribution >= 4 is 0 Å². The Kier molecular flexibility index (Phi) is 4.82. The number of nitrogens with zero attached hydrogens (tertiary/aromatic N) is 4. The highest BCUT2D eigenvalue weighted by molar-refractivity contribution is 5.37. The fourth-order valence-electron chi connectivity index (χ4n) is 3.55. The molecule has 1 saturated heterocycles. The van der Waals surface area contributed by atoms with Gasteiger partial charge in [-0.15, -0.1) is 0 Å². The lowest BCUT2D eigenvalue weighted by Gasteiger charge is -2.26. The molecule has 1 unspecified atom stereocenters. The molecule has 0 aliphatic carbocycles. The summed E-state index contributed by atoms with van der Waals surface area (Å²) in [7, 11) is 0. The van der Waals surface area contributed by atoms with Crippen LogP contribution in [-0.4, -0.2) is 52.3 Å². The molecule has 2 aliphatic rings. The van der Waals surface area contributed by atoms with Gasteiger partial charge in [0.1, 0.15) is 31.0 Å². The van der Waals surface area contributed by atoms with Gasteiger partial charge in [-0.2, -0.15) is 4.98 Å². The summed E-state index contributed by atoms with van der Waals surface area (Å²) < 4.78 is 31.5. The number of rotatable bonds is 4. The minimum atomic E-state index is -0.377. The van der Waals surface area contributed by atoms with E-state index in [0.29, 0.717) is 48.8 Å². The third-order valence-electron chi connectivity index (χ3n) is 4.86. The highest BCUT2D eigenvalue weighted by Crippen LogP contribution is 2.34. The molecule has 2 aromatic rings. The standard InChI is InChI=1S/C19H23FN4O3/c1-11-8-17(22-13(3)21-11)27-14-4-5-24(10-14)12(2)18-15(20)9-16-19(23-18)26-7-6-25-16/h8-9,12,14H,4-7,10H2,1-3H3/t12?,14-/m1/s1. The first-order valence-electron chi connectivity index (χ1n) is 9.18. The Bertz CT molecular complexity index is 828. The number of aromatic nitrogens is 3. The molecule has 27 heavy (non-hydrogen) atoms. The lowest BCUT2D eigenvalue weighted by molar-refractivity contribution is 0.157. The van der Waals surface area contributed by atoms with E-state index in [-0.39, 0.29) is 18.0 Å². The molecule has 144 valence electrons. The van der Waals surface area contributed by atoms with Crippen LogP contribution in [0.4, 0.5) is 4.39 Å². The molecule has 0 spiro atoms. The molecule has 2 aliphatic heterocycles. The van der Waals surface area contributed by atoms with Crippen LogP contribution in [0.15, 0.2) is 12.1 Å². The molecule has 4 heterocycles. The summed E-state index contributed by atoms with van der Waals surface area (Å²) in [5, 5.41) is 0. The molecule has 0 N–H and O–H groups in total. The van der Waals surface area contributed by atoms with Crippen molar-refractivity contribution < 1.29 is 18.6 Å². The van der Waals surface area contributed by atoms with E-state index in [4.69, 9.17) is 14.2 Å². The van der Waals surface area contributed by atoms with Crippen LogP contribution < -0.4 is 14.2 Å². The Hall–Kier alpha value is -2.48. The van der Waals surface area contributed by atoms with Crippen molar-refractivity contribution in [2.24, 2.45) is 0 Å². The molecule has 1 fully saturated rings. The second-order valence-corrected chi connectivity index (χ2v) is 6.95. The second kappa shape index (κ2) is 7.26. The maximum atomic E-state index is 14.5. The van der Waals surface area contributed by atoms with Crippen LogP contribution in [0.5, 0.6) is 17.5 Å². The van der Waals surface area contributed by atoms with Gasteiger partial charge in [0.2, 0.25) is 5.88 Å². The number of halogens is 1. The quantitative estimate of drug-likeness (QED) is 0.815. The van der Waals surface area contributed by atoms with Crippen LogP contribution >= 0.6 is 0 Å². The Morgan fingerprint density at radius 2 is 2.00 bits per heavy atom. The maximum absolute atomic E-state index is 14.5. The largest absolute Gasteiger partial charge is 0.484 e. The van der Waals surface area contributed by atoms with Gasteiger partial charge in [0.05, 0.1) is 11.7 Å². The summed E-state index contributed by atoms with van der Waals surface area (Å²) in [6, 6.07) is 3.01. The van der Waals surface area contributed by atoms with Crippen molar-refractivity contribution in [3.63, 3.8) is 0 Å². The smallest absolute Gasteiger partial charge is 0.257 e. The summed E-state index contributed by atoms with van der Waals surface area (Å²) in [5.74, 6) is 1.63. The molecule has 7 nitrogen and oxygen atoms in total. The van der Waals surface area contributed by atoms with Crippen LogP contribution in [-0.2, 0) is 0 Å². The van der Waals surface area contributed by atoms with Gasteiger partial charge in [0.25, 0.3) is 5.88 Å². The monoisotopic (exact) mass is 374 g/mol. The van der Waals surface area contributed by atoms with E-state index < -0.39 is 0 Å². The molecule has 0 aromatic carbocycles. The first-order valence-corrected chi connectivity index (χ1v) is 9.18. The van der Waals surface area contributed by atoms with Gasteiger partial charge in [-0.1, -0.05) is 0 Å². The zero-order valence-corrected chi connectivity index (χ0v) is 15.7. The van der Waals surface area contributed by atoms with E-state index in [1.807, 2.05) is 26.8 Å². The molecule has 2 atom stereocenters. The minimum absolute atomic E-state index is 0.00132. The van der Waals surface area contributed by atoms with Crippen LogP contribution in [0.3, 0.4) is 0 Å². The van der Waals surface area contributed by atoms with E-state index in [2.05, 4.69) is 19.9 Å². The predicted octanol–water partition coefficient (Wildman–Crippen LogP) is 2.61. The average Bonchev–Trinajstić information content (AvgIpc) is 3.08. The fourth-order valence-corrected chi connectivity index (χ4v) is 3.55. The SMILES string of the molecule is Cc1cc(O[C@@H]2CCN(C(C)c3nc4c(cc3F)OCCO4)C2)nc(C)n1. The highest BCUT2D eigenvalue weighted by Gasteiger charge is 2.31. The maximum Gasteiger partial charge on any atom is 0.257 e. The summed E-state index contributed by atoms with van der Waals surface area (Å²) in [4.78, 5) is 15.1. The van der Waals surface area contributed by atoms with Crippen molar-refractivity contribution in [1.82, 2.24) is 19.9 Å². The molecular formula is C19H23FN4O3. The number of likely N-dealkylation sites (tertiary alicyclic amines) is 1. The third-order valence-corrected chi connectivity index (χ3v) is 4.86. The van der Waals surface area contributed by atoms with Crippen molar-refractivity contribution in [2.75, 3.05) is 26.3 Å². The Morgan fingerprint density at radius 3 is 2.81 bits per heavy atom. The van der Waals surface area contributed by atoms with Crippen LogP contribution in [0.25, 0.3) is 0 Å². The fraction of sp³-hybridized carbons (Fsp3) is 0.526. The number of hydrogen-bond acceptors (Lipinski definition) is 7. The Labute approximate surface area is 157 Å². The van der Waals surface area contributed by atoms with E-state index in [1.165, 1.54) is 6.07 Å². The number of pyridine rings is 1. The van der Waals surface area contributed by atoms with Gasteiger partial charge in [-0.05, 0) is 27.2 Å². The van der Waals surface area contributed by atoms with E-state index >= 15 is 0 Å². The van der Waals surface area contributed by atoms with E-state index in [9.17, 15) is 4.39 Å². The Morgan fingerprint density at radius 1 is 1.19 bits per heavy atom. The molecule has 0 bridgehead atoms. The average molecular weight is 374 g/mol. The van der Waals surface area contributed by atoms with Crippen LogP contribution in [0, 0.1) is 19.7 Å². The van der Waals surface area contributed by atoms with Gasteiger partial charge >= 0.3 is 0 Å². The van der Waals surface area contributed by atoms with E-state index in [1.54, 1.807) is 0 Å². The second-order valence-electron chi connectivity index (χ2n) is 6.95. The zero-order valence-electron chi connectivity index (χ0n) is 15.7. The van der Waals surface area contributed by atoms with Gasteiger partial charge < -0.3 is 14.2 Å². The summed E-state index contributed by atoms with van der Waals surface area (Å²) >= 11 is 0. The van der Waals surface area contributed by atoms with Crippen molar-refractivity contribution in [3.8, 4) is 17.5 Å². The number of aryl methyl sites for hydroxylation is 2. The van der Waals surface area contributed by atoms with Crippen LogP contribution in [0.2, 0.25) is 0 Å². The number of fused-ring (bicyclic) bond motifs is 1. The number of ether oxygens (including phenoxy) is 3. The Balaban J connectivity index is 1.45. The molecule has 0 radical (unpaired) electrons. The molecule has 4 rings (SSSR count). The van der Waals surface area contributed by atoms with Crippen molar-refractivity contribution in [3.05, 3.63) is 35.2 Å². The predicted molar refractivity (Wildman–Crippen MR) is 95.7 cm³/mol. The first-order chi connectivity index (χ1) is 13.0. The summed E-state index contributed by atoms with van der Waals surface area (Å²) in [6.45, 7) is 8.03. The normalized spacial score (nSPS) is 20.5. The van der Waals surface area contributed by atoms with E-state index in [0.717, 1.165) is 18.7 Å². The topological polar surface area (TPSA) is 69.6 Å². The lowest BCUT2D eigenvalue weighted by Crippen LogP contribution is -2.29. The summed E-state index contributed by atoms with van der Waals surface area (Å²) in [6.07, 6.45) is 0.847. The molecule has 2 aromatic heterocycles. The molecule has 8 heteroatoms. The van der Waals surface area contributed by atoms with Crippen molar-refractivity contribution in [2.45, 2.75) is 39.3 Å². The molecule has 0 amide bonds. The van der Waals surface area contributed by atoms with Gasteiger partial charge in [-0.3, -0.25) is 4.90 Å².